The molecule has 1 aliphatic rings. The minimum atomic E-state index is -0.0938. The minimum Gasteiger partial charge on any atom is -0.338 e. The van der Waals surface area contributed by atoms with Gasteiger partial charge in [0.2, 0.25) is 5.89 Å². The molecule has 3 aromatic heterocycles. The van der Waals surface area contributed by atoms with Crippen molar-refractivity contribution in [1.82, 2.24) is 29.6 Å². The monoisotopic (exact) mass is 342 g/mol. The molecule has 0 amide bonds. The van der Waals surface area contributed by atoms with Gasteiger partial charge in [-0.2, -0.15) is 4.98 Å². The molecule has 4 rings (SSSR count). The molecule has 0 spiro atoms. The summed E-state index contributed by atoms with van der Waals surface area (Å²) in [6, 6.07) is 3.55. The molecule has 0 aromatic carbocycles. The summed E-state index contributed by atoms with van der Waals surface area (Å²) >= 11 is 0. The highest BCUT2D eigenvalue weighted by Gasteiger charge is 2.31. The van der Waals surface area contributed by atoms with E-state index in [1.165, 1.54) is 4.52 Å². The number of fused-ring (bicyclic) bond motifs is 1. The molecule has 8 heteroatoms. The number of hydrogen-bond acceptors (Lipinski definition) is 6. The fourth-order valence-electron chi connectivity index (χ4n) is 3.36. The molecule has 0 aliphatic carbocycles. The summed E-state index contributed by atoms with van der Waals surface area (Å²) in [5.41, 5.74) is 2.23. The van der Waals surface area contributed by atoms with Crippen LogP contribution in [0.25, 0.3) is 5.65 Å². The van der Waals surface area contributed by atoms with Crippen LogP contribution in [-0.2, 0) is 6.54 Å². The molecule has 0 saturated carbocycles. The van der Waals surface area contributed by atoms with Crippen molar-refractivity contribution in [3.05, 3.63) is 45.6 Å². The van der Waals surface area contributed by atoms with Gasteiger partial charge in [0, 0.05) is 30.3 Å². The lowest BCUT2D eigenvalue weighted by molar-refractivity contribution is 0.199. The van der Waals surface area contributed by atoms with Gasteiger partial charge in [-0.3, -0.25) is 14.8 Å². The zero-order valence-corrected chi connectivity index (χ0v) is 14.7. The SMILES string of the molecule is Cc1cc2nc(CN3CCC[C@H]3c3nc(C(C)C)no3)cc(=O)n2[nH]1. The fraction of sp³-hybridized carbons (Fsp3) is 0.529. The first-order chi connectivity index (χ1) is 12.0. The summed E-state index contributed by atoms with van der Waals surface area (Å²) in [7, 11) is 0. The van der Waals surface area contributed by atoms with Crippen molar-refractivity contribution in [3.63, 3.8) is 0 Å². The summed E-state index contributed by atoms with van der Waals surface area (Å²) in [6.07, 6.45) is 2.04. The van der Waals surface area contributed by atoms with Gasteiger partial charge in [0.15, 0.2) is 11.5 Å². The molecule has 4 heterocycles. The third-order valence-corrected chi connectivity index (χ3v) is 4.62. The molecule has 0 bridgehead atoms. The largest absolute Gasteiger partial charge is 0.338 e. The third kappa shape index (κ3) is 2.97. The highest BCUT2D eigenvalue weighted by atomic mass is 16.5. The Morgan fingerprint density at radius 2 is 2.20 bits per heavy atom. The van der Waals surface area contributed by atoms with Gasteiger partial charge in [0.1, 0.15) is 0 Å². The average molecular weight is 342 g/mol. The van der Waals surface area contributed by atoms with Gasteiger partial charge >= 0.3 is 0 Å². The first kappa shape index (κ1) is 16.0. The molecule has 8 nitrogen and oxygen atoms in total. The number of aromatic amines is 1. The summed E-state index contributed by atoms with van der Waals surface area (Å²) in [5, 5.41) is 7.06. The van der Waals surface area contributed by atoms with Crippen LogP contribution in [-0.4, -0.2) is 36.2 Å². The van der Waals surface area contributed by atoms with Crippen LogP contribution in [0.1, 0.15) is 61.8 Å². The lowest BCUT2D eigenvalue weighted by Crippen LogP contribution is -2.25. The Kier molecular flexibility index (Phi) is 3.91. The van der Waals surface area contributed by atoms with Crippen LogP contribution < -0.4 is 5.56 Å². The third-order valence-electron chi connectivity index (χ3n) is 4.62. The van der Waals surface area contributed by atoms with Crippen molar-refractivity contribution in [1.29, 1.82) is 0 Å². The summed E-state index contributed by atoms with van der Waals surface area (Å²) in [4.78, 5) is 23.7. The first-order valence-corrected chi connectivity index (χ1v) is 8.67. The summed E-state index contributed by atoms with van der Waals surface area (Å²) < 4.78 is 6.95. The Labute approximate surface area is 144 Å². The van der Waals surface area contributed by atoms with Crippen molar-refractivity contribution in [2.45, 2.75) is 52.1 Å². The van der Waals surface area contributed by atoms with Crippen LogP contribution in [0.15, 0.2) is 21.5 Å². The van der Waals surface area contributed by atoms with E-state index in [4.69, 9.17) is 4.52 Å². The smallest absolute Gasteiger partial charge is 0.272 e. The normalized spacial score (nSPS) is 18.6. The molecular formula is C17H22N6O2. The summed E-state index contributed by atoms with van der Waals surface area (Å²) in [5.74, 6) is 1.65. The van der Waals surface area contributed by atoms with Gasteiger partial charge < -0.3 is 4.52 Å². The second-order valence-electron chi connectivity index (χ2n) is 6.99. The van der Waals surface area contributed by atoms with Crippen LogP contribution in [0, 0.1) is 6.92 Å². The topological polar surface area (TPSA) is 92.3 Å². The van der Waals surface area contributed by atoms with Crippen molar-refractivity contribution in [2.24, 2.45) is 0 Å². The molecule has 25 heavy (non-hydrogen) atoms. The number of nitrogens with zero attached hydrogens (tertiary/aromatic N) is 5. The second-order valence-corrected chi connectivity index (χ2v) is 6.99. The Balaban J connectivity index is 1.59. The van der Waals surface area contributed by atoms with E-state index in [1.807, 2.05) is 26.8 Å². The lowest BCUT2D eigenvalue weighted by Gasteiger charge is -2.20. The van der Waals surface area contributed by atoms with E-state index in [9.17, 15) is 4.79 Å². The predicted octanol–water partition coefficient (Wildman–Crippen LogP) is 2.17. The number of H-pyrrole nitrogens is 1. The Bertz CT molecular complexity index is 954. The Morgan fingerprint density at radius 1 is 1.36 bits per heavy atom. The molecule has 3 aromatic rings. The fourth-order valence-corrected chi connectivity index (χ4v) is 3.36. The summed E-state index contributed by atoms with van der Waals surface area (Å²) in [6.45, 7) is 7.53. The highest BCUT2D eigenvalue weighted by Crippen LogP contribution is 2.32. The quantitative estimate of drug-likeness (QED) is 0.781. The van der Waals surface area contributed by atoms with Gasteiger partial charge in [-0.25, -0.2) is 9.50 Å². The van der Waals surface area contributed by atoms with E-state index in [0.29, 0.717) is 18.1 Å². The maximum absolute atomic E-state index is 12.2. The lowest BCUT2D eigenvalue weighted by atomic mass is 10.2. The van der Waals surface area contributed by atoms with Crippen molar-refractivity contribution in [3.8, 4) is 0 Å². The number of aryl methyl sites for hydroxylation is 1. The van der Waals surface area contributed by atoms with Gasteiger partial charge in [-0.15, -0.1) is 0 Å². The molecule has 132 valence electrons. The number of nitrogens with one attached hydrogen (secondary N) is 1. The number of hydrogen-bond donors (Lipinski definition) is 1. The van der Waals surface area contributed by atoms with E-state index in [-0.39, 0.29) is 17.5 Å². The zero-order chi connectivity index (χ0) is 17.6. The first-order valence-electron chi connectivity index (χ1n) is 8.67. The van der Waals surface area contributed by atoms with E-state index < -0.39 is 0 Å². The van der Waals surface area contributed by atoms with Crippen molar-refractivity contribution < 1.29 is 4.52 Å². The predicted molar refractivity (Wildman–Crippen MR) is 91.3 cm³/mol. The molecule has 1 N–H and O–H groups in total. The van der Waals surface area contributed by atoms with Crippen LogP contribution >= 0.6 is 0 Å². The standard InChI is InChI=1S/C17H22N6O2/c1-10(2)16-19-17(25-21-16)13-5-4-6-22(13)9-12-8-15(24)23-14(18-12)7-11(3)20-23/h7-8,10,13,20H,4-6,9H2,1-3H3/t13-/m0/s1. The maximum Gasteiger partial charge on any atom is 0.272 e. The van der Waals surface area contributed by atoms with Crippen LogP contribution in [0.4, 0.5) is 0 Å². The van der Waals surface area contributed by atoms with Crippen LogP contribution in [0.5, 0.6) is 0 Å². The average Bonchev–Trinajstić information content (AvgIpc) is 3.25. The number of likely N-dealkylation sites (tertiary alicyclic amines) is 1. The molecular weight excluding hydrogens is 320 g/mol. The van der Waals surface area contributed by atoms with Crippen LogP contribution in [0.2, 0.25) is 0 Å². The molecule has 0 radical (unpaired) electrons. The van der Waals surface area contributed by atoms with Gasteiger partial charge in [-0.05, 0) is 26.3 Å². The molecule has 1 aliphatic heterocycles. The Hall–Kier alpha value is -2.48. The van der Waals surface area contributed by atoms with Crippen LogP contribution in [0.3, 0.4) is 0 Å². The van der Waals surface area contributed by atoms with E-state index in [2.05, 4.69) is 25.1 Å². The number of aromatic nitrogens is 5. The van der Waals surface area contributed by atoms with E-state index in [1.54, 1.807) is 6.07 Å². The van der Waals surface area contributed by atoms with Crippen molar-refractivity contribution >= 4 is 5.65 Å². The van der Waals surface area contributed by atoms with E-state index >= 15 is 0 Å². The van der Waals surface area contributed by atoms with Gasteiger partial charge in [-0.1, -0.05) is 19.0 Å². The zero-order valence-electron chi connectivity index (χ0n) is 14.7. The minimum absolute atomic E-state index is 0.0909. The molecule has 1 fully saturated rings. The second kappa shape index (κ2) is 6.11. The highest BCUT2D eigenvalue weighted by molar-refractivity contribution is 5.39. The Morgan fingerprint density at radius 3 is 2.96 bits per heavy atom. The van der Waals surface area contributed by atoms with Gasteiger partial charge in [0.25, 0.3) is 5.56 Å². The molecule has 1 atom stereocenters. The molecule has 0 unspecified atom stereocenters. The maximum atomic E-state index is 12.2. The number of rotatable bonds is 4. The van der Waals surface area contributed by atoms with Crippen molar-refractivity contribution in [2.75, 3.05) is 6.54 Å². The molecule has 1 saturated heterocycles. The van der Waals surface area contributed by atoms with E-state index in [0.717, 1.165) is 36.6 Å². The van der Waals surface area contributed by atoms with Gasteiger partial charge in [0.05, 0.1) is 11.7 Å².